The van der Waals surface area contributed by atoms with E-state index in [4.69, 9.17) is 4.42 Å². The maximum Gasteiger partial charge on any atom is 0.181 e. The predicted molar refractivity (Wildman–Crippen MR) is 76.1 cm³/mol. The minimum atomic E-state index is -0.283. The van der Waals surface area contributed by atoms with Gasteiger partial charge in [-0.25, -0.2) is 9.37 Å². The van der Waals surface area contributed by atoms with Crippen molar-refractivity contribution in [2.24, 2.45) is 5.92 Å². The first-order chi connectivity index (χ1) is 9.08. The first kappa shape index (κ1) is 14.2. The van der Waals surface area contributed by atoms with E-state index < -0.39 is 0 Å². The van der Waals surface area contributed by atoms with Gasteiger partial charge < -0.3 is 9.73 Å². The van der Waals surface area contributed by atoms with Crippen LogP contribution in [-0.2, 0) is 6.54 Å². The topological polar surface area (TPSA) is 38.1 Å². The molecular weight excluding hydrogens is 311 g/mol. The monoisotopic (exact) mass is 326 g/mol. The van der Waals surface area contributed by atoms with Crippen LogP contribution in [0.3, 0.4) is 0 Å². The van der Waals surface area contributed by atoms with Gasteiger partial charge in [0.15, 0.2) is 12.2 Å². The van der Waals surface area contributed by atoms with Crippen LogP contribution in [0.4, 0.5) is 4.39 Å². The highest BCUT2D eigenvalue weighted by Crippen LogP contribution is 2.31. The van der Waals surface area contributed by atoms with E-state index in [9.17, 15) is 4.39 Å². The van der Waals surface area contributed by atoms with E-state index in [1.54, 1.807) is 6.07 Å². The fourth-order valence-corrected chi connectivity index (χ4v) is 2.30. The van der Waals surface area contributed by atoms with Crippen LogP contribution in [0.1, 0.15) is 19.5 Å². The largest absolute Gasteiger partial charge is 0.443 e. The van der Waals surface area contributed by atoms with Gasteiger partial charge in [0.1, 0.15) is 11.5 Å². The fraction of sp³-hybridized carbons (Fsp3) is 0.357. The van der Waals surface area contributed by atoms with Crippen LogP contribution in [0, 0.1) is 11.7 Å². The molecule has 0 saturated carbocycles. The second-order valence-electron chi connectivity index (χ2n) is 4.78. The third-order valence-corrected chi connectivity index (χ3v) is 3.32. The summed E-state index contributed by atoms with van der Waals surface area (Å²) >= 11 is 3.35. The summed E-state index contributed by atoms with van der Waals surface area (Å²) in [6.45, 7) is 5.84. The van der Waals surface area contributed by atoms with Crippen molar-refractivity contribution in [2.45, 2.75) is 20.4 Å². The molecule has 0 bridgehead atoms. The molecule has 0 amide bonds. The highest BCUT2D eigenvalue weighted by atomic mass is 79.9. The summed E-state index contributed by atoms with van der Waals surface area (Å²) in [7, 11) is 0. The zero-order valence-electron chi connectivity index (χ0n) is 10.9. The van der Waals surface area contributed by atoms with Gasteiger partial charge in [-0.05, 0) is 46.6 Å². The molecule has 5 heteroatoms. The average molecular weight is 327 g/mol. The third-order valence-electron chi connectivity index (χ3n) is 2.66. The first-order valence-corrected chi connectivity index (χ1v) is 6.95. The van der Waals surface area contributed by atoms with Gasteiger partial charge in [-0.1, -0.05) is 13.8 Å². The molecule has 0 spiro atoms. The quantitative estimate of drug-likeness (QED) is 0.902. The van der Waals surface area contributed by atoms with E-state index >= 15 is 0 Å². The Morgan fingerprint density at radius 3 is 2.89 bits per heavy atom. The molecule has 102 valence electrons. The minimum absolute atomic E-state index is 0.283. The Labute approximate surface area is 120 Å². The summed E-state index contributed by atoms with van der Waals surface area (Å²) in [6.07, 6.45) is 1.41. The van der Waals surface area contributed by atoms with Gasteiger partial charge in [0.2, 0.25) is 0 Å². The van der Waals surface area contributed by atoms with Crippen molar-refractivity contribution in [3.05, 3.63) is 40.6 Å². The van der Waals surface area contributed by atoms with Gasteiger partial charge in [-0.15, -0.1) is 0 Å². The Bertz CT molecular complexity index is 554. The van der Waals surface area contributed by atoms with Gasteiger partial charge in [-0.2, -0.15) is 0 Å². The molecule has 1 aromatic heterocycles. The van der Waals surface area contributed by atoms with E-state index in [1.807, 2.05) is 0 Å². The molecule has 0 unspecified atom stereocenters. The number of benzene rings is 1. The Balaban J connectivity index is 2.19. The number of nitrogens with zero attached hydrogens (tertiary/aromatic N) is 1. The smallest absolute Gasteiger partial charge is 0.181 e. The zero-order valence-corrected chi connectivity index (χ0v) is 12.5. The molecule has 1 heterocycles. The highest BCUT2D eigenvalue weighted by molar-refractivity contribution is 9.10. The molecule has 0 aliphatic carbocycles. The molecule has 2 aromatic rings. The van der Waals surface area contributed by atoms with E-state index in [2.05, 4.69) is 40.1 Å². The van der Waals surface area contributed by atoms with Crippen molar-refractivity contribution in [1.29, 1.82) is 0 Å². The Kier molecular flexibility index (Phi) is 4.71. The number of aromatic nitrogens is 1. The molecule has 0 aliphatic heterocycles. The van der Waals surface area contributed by atoms with Gasteiger partial charge in [0.05, 0.1) is 0 Å². The standard InChI is InChI=1S/C14H16BrFN2O/c1-9(2)6-17-7-13-14(19-8-18-13)11-4-3-10(16)5-12(11)15/h3-5,8-9,17H,6-7H2,1-2H3. The van der Waals surface area contributed by atoms with E-state index in [1.165, 1.54) is 18.5 Å². The predicted octanol–water partition coefficient (Wildman–Crippen LogP) is 3.99. The molecule has 0 atom stereocenters. The Hall–Kier alpha value is -1.20. The lowest BCUT2D eigenvalue weighted by atomic mass is 10.1. The van der Waals surface area contributed by atoms with Gasteiger partial charge >= 0.3 is 0 Å². The SMILES string of the molecule is CC(C)CNCc1ncoc1-c1ccc(F)cc1Br. The van der Waals surface area contributed by atoms with Crippen molar-refractivity contribution in [3.63, 3.8) is 0 Å². The van der Waals surface area contributed by atoms with Gasteiger partial charge in [-0.3, -0.25) is 0 Å². The maximum absolute atomic E-state index is 13.1. The molecule has 1 N–H and O–H groups in total. The van der Waals surface area contributed by atoms with Crippen molar-refractivity contribution >= 4 is 15.9 Å². The molecule has 0 radical (unpaired) electrons. The summed E-state index contributed by atoms with van der Waals surface area (Å²) in [4.78, 5) is 4.21. The van der Waals surface area contributed by atoms with Crippen LogP contribution < -0.4 is 5.32 Å². The van der Waals surface area contributed by atoms with Crippen molar-refractivity contribution in [1.82, 2.24) is 10.3 Å². The third kappa shape index (κ3) is 3.64. The lowest BCUT2D eigenvalue weighted by molar-refractivity contribution is 0.545. The summed E-state index contributed by atoms with van der Waals surface area (Å²) in [5.41, 5.74) is 1.63. The van der Waals surface area contributed by atoms with E-state index in [0.29, 0.717) is 22.7 Å². The fourth-order valence-electron chi connectivity index (χ4n) is 1.77. The molecule has 0 aliphatic rings. The highest BCUT2D eigenvalue weighted by Gasteiger charge is 2.14. The minimum Gasteiger partial charge on any atom is -0.443 e. The molecule has 2 rings (SSSR count). The van der Waals surface area contributed by atoms with Crippen LogP contribution in [0.25, 0.3) is 11.3 Å². The van der Waals surface area contributed by atoms with E-state index in [-0.39, 0.29) is 5.82 Å². The molecule has 1 aromatic carbocycles. The lowest BCUT2D eigenvalue weighted by Gasteiger charge is -2.07. The summed E-state index contributed by atoms with van der Waals surface area (Å²) < 4.78 is 19.2. The molecule has 0 saturated heterocycles. The molecule has 0 fully saturated rings. The average Bonchev–Trinajstić information content (AvgIpc) is 2.77. The van der Waals surface area contributed by atoms with Crippen molar-refractivity contribution in [3.8, 4) is 11.3 Å². The number of halogens is 2. The van der Waals surface area contributed by atoms with Crippen LogP contribution in [-0.4, -0.2) is 11.5 Å². The van der Waals surface area contributed by atoms with Crippen molar-refractivity contribution in [2.75, 3.05) is 6.54 Å². The Morgan fingerprint density at radius 1 is 1.42 bits per heavy atom. The van der Waals surface area contributed by atoms with Crippen LogP contribution in [0.15, 0.2) is 33.5 Å². The van der Waals surface area contributed by atoms with Gasteiger partial charge in [0, 0.05) is 16.6 Å². The summed E-state index contributed by atoms with van der Waals surface area (Å²) in [6, 6.07) is 4.52. The number of hydrogen-bond acceptors (Lipinski definition) is 3. The second kappa shape index (κ2) is 6.30. The van der Waals surface area contributed by atoms with Crippen LogP contribution >= 0.6 is 15.9 Å². The summed E-state index contributed by atoms with van der Waals surface area (Å²) in [5, 5.41) is 3.32. The molecule has 19 heavy (non-hydrogen) atoms. The van der Waals surface area contributed by atoms with Crippen molar-refractivity contribution < 1.29 is 8.81 Å². The summed E-state index contributed by atoms with van der Waals surface area (Å²) in [5.74, 6) is 0.964. The lowest BCUT2D eigenvalue weighted by Crippen LogP contribution is -2.19. The first-order valence-electron chi connectivity index (χ1n) is 6.16. The van der Waals surface area contributed by atoms with E-state index in [0.717, 1.165) is 17.8 Å². The number of nitrogens with one attached hydrogen (secondary N) is 1. The number of hydrogen-bond donors (Lipinski definition) is 1. The molecular formula is C14H16BrFN2O. The Morgan fingerprint density at radius 2 is 2.21 bits per heavy atom. The maximum atomic E-state index is 13.1. The van der Waals surface area contributed by atoms with Gasteiger partial charge in [0.25, 0.3) is 0 Å². The second-order valence-corrected chi connectivity index (χ2v) is 5.63. The normalized spacial score (nSPS) is 11.2. The number of rotatable bonds is 5. The van der Waals surface area contributed by atoms with Crippen LogP contribution in [0.5, 0.6) is 0 Å². The number of oxazole rings is 1. The van der Waals surface area contributed by atoms with Crippen LogP contribution in [0.2, 0.25) is 0 Å². The molecule has 3 nitrogen and oxygen atoms in total. The zero-order chi connectivity index (χ0) is 13.8.